The minimum atomic E-state index is -0.512. The molecule has 1 aromatic rings. The van der Waals surface area contributed by atoms with Crippen LogP contribution in [0.2, 0.25) is 0 Å². The summed E-state index contributed by atoms with van der Waals surface area (Å²) in [7, 11) is 0. The van der Waals surface area contributed by atoms with Crippen LogP contribution in [0.4, 0.5) is 9.80 Å². The van der Waals surface area contributed by atoms with Crippen molar-refractivity contribution in [3.05, 3.63) is 16.0 Å². The van der Waals surface area contributed by atoms with E-state index < -0.39 is 6.03 Å². The molecular weight excluding hydrogens is 404 g/mol. The number of urea groups is 1. The summed E-state index contributed by atoms with van der Waals surface area (Å²) >= 11 is 1.51. The third-order valence-corrected chi connectivity index (χ3v) is 7.20. The highest BCUT2D eigenvalue weighted by atomic mass is 32.1. The van der Waals surface area contributed by atoms with Crippen LogP contribution in [0, 0.1) is 5.92 Å². The Morgan fingerprint density at radius 3 is 2.60 bits per heavy atom. The van der Waals surface area contributed by atoms with Gasteiger partial charge in [-0.25, -0.2) is 9.59 Å². The van der Waals surface area contributed by atoms with Crippen molar-refractivity contribution in [2.24, 2.45) is 11.7 Å². The van der Waals surface area contributed by atoms with Crippen molar-refractivity contribution in [1.82, 2.24) is 10.2 Å². The number of likely N-dealkylation sites (tertiary alicyclic amines) is 1. The molecule has 0 bridgehead atoms. The summed E-state index contributed by atoms with van der Waals surface area (Å²) in [5, 5.41) is 6.35. The van der Waals surface area contributed by atoms with Crippen LogP contribution in [-0.4, -0.2) is 54.6 Å². The Balaban J connectivity index is 1.70. The molecule has 8 nitrogen and oxygen atoms in total. The first-order valence-corrected chi connectivity index (χ1v) is 11.5. The lowest BCUT2D eigenvalue weighted by atomic mass is 9.88. The highest BCUT2D eigenvalue weighted by Gasteiger charge is 2.31. The number of hydrogen-bond donors (Lipinski definition) is 3. The van der Waals surface area contributed by atoms with Crippen LogP contribution in [0.15, 0.2) is 0 Å². The molecule has 1 aliphatic heterocycles. The summed E-state index contributed by atoms with van der Waals surface area (Å²) in [6, 6.07) is -0.801. The van der Waals surface area contributed by atoms with E-state index in [0.29, 0.717) is 36.2 Å². The van der Waals surface area contributed by atoms with Crippen molar-refractivity contribution >= 4 is 34.2 Å². The molecule has 1 saturated heterocycles. The molecule has 9 heteroatoms. The molecule has 166 valence electrons. The molecule has 0 radical (unpaired) electrons. The molecule has 4 N–H and O–H groups in total. The summed E-state index contributed by atoms with van der Waals surface area (Å²) in [6.07, 6.45) is 4.30. The standard InChI is InChI=1S/C21H32N4O4S/c1-4-29-20(27)17-15-6-5-12(2)11-16(15)30-19(17)24-18(26)13(3)25-9-7-14(8-10-25)23-21(22)28/h12-14H,4-11H2,1-3H3,(H,24,26)(H3,22,23,28). The Bertz CT molecular complexity index is 801. The predicted molar refractivity (Wildman–Crippen MR) is 117 cm³/mol. The van der Waals surface area contributed by atoms with Gasteiger partial charge in [-0.3, -0.25) is 9.69 Å². The topological polar surface area (TPSA) is 114 Å². The number of hydrogen-bond acceptors (Lipinski definition) is 6. The Kier molecular flexibility index (Phi) is 7.36. The fourth-order valence-electron chi connectivity index (χ4n) is 4.27. The van der Waals surface area contributed by atoms with Gasteiger partial charge in [0.1, 0.15) is 5.00 Å². The van der Waals surface area contributed by atoms with E-state index in [1.165, 1.54) is 16.2 Å². The number of anilines is 1. The Morgan fingerprint density at radius 2 is 1.97 bits per heavy atom. The first kappa shape index (κ1) is 22.6. The number of amides is 3. The van der Waals surface area contributed by atoms with E-state index >= 15 is 0 Å². The number of primary amides is 1. The van der Waals surface area contributed by atoms with E-state index in [9.17, 15) is 14.4 Å². The fourth-order valence-corrected chi connectivity index (χ4v) is 5.67. The van der Waals surface area contributed by atoms with Crippen LogP contribution >= 0.6 is 11.3 Å². The van der Waals surface area contributed by atoms with Gasteiger partial charge in [-0.15, -0.1) is 11.3 Å². The second-order valence-corrected chi connectivity index (χ2v) is 9.37. The zero-order valence-corrected chi connectivity index (χ0v) is 18.8. The van der Waals surface area contributed by atoms with Gasteiger partial charge in [0.25, 0.3) is 0 Å². The number of esters is 1. The fraction of sp³-hybridized carbons (Fsp3) is 0.667. The minimum absolute atomic E-state index is 0.0513. The van der Waals surface area contributed by atoms with Crippen LogP contribution in [0.3, 0.4) is 0 Å². The van der Waals surface area contributed by atoms with E-state index in [4.69, 9.17) is 10.5 Å². The normalized spacial score (nSPS) is 20.8. The number of nitrogens with two attached hydrogens (primary N) is 1. The molecule has 3 rings (SSSR count). The monoisotopic (exact) mass is 436 g/mol. The average molecular weight is 437 g/mol. The van der Waals surface area contributed by atoms with Crippen molar-refractivity contribution in [1.29, 1.82) is 0 Å². The quantitative estimate of drug-likeness (QED) is 0.593. The third-order valence-electron chi connectivity index (χ3n) is 6.03. The van der Waals surface area contributed by atoms with E-state index in [-0.39, 0.29) is 24.0 Å². The number of ether oxygens (including phenoxy) is 1. The minimum Gasteiger partial charge on any atom is -0.462 e. The Labute approximate surface area is 181 Å². The molecule has 2 heterocycles. The number of piperidine rings is 1. The van der Waals surface area contributed by atoms with Gasteiger partial charge >= 0.3 is 12.0 Å². The molecule has 3 amide bonds. The maximum atomic E-state index is 13.0. The average Bonchev–Trinajstić information content (AvgIpc) is 3.04. The summed E-state index contributed by atoms with van der Waals surface area (Å²) in [4.78, 5) is 39.9. The molecule has 0 saturated carbocycles. The van der Waals surface area contributed by atoms with Gasteiger partial charge < -0.3 is 21.1 Å². The molecule has 0 spiro atoms. The number of nitrogens with zero attached hydrogens (tertiary/aromatic N) is 1. The maximum absolute atomic E-state index is 13.0. The molecule has 2 unspecified atom stereocenters. The van der Waals surface area contributed by atoms with E-state index in [0.717, 1.165) is 37.7 Å². The van der Waals surface area contributed by atoms with Crippen LogP contribution in [0.1, 0.15) is 60.8 Å². The zero-order valence-electron chi connectivity index (χ0n) is 18.0. The van der Waals surface area contributed by atoms with Crippen LogP contribution in [0.25, 0.3) is 0 Å². The van der Waals surface area contributed by atoms with Gasteiger partial charge in [0, 0.05) is 24.0 Å². The molecule has 1 aliphatic carbocycles. The van der Waals surface area contributed by atoms with Gasteiger partial charge in [-0.1, -0.05) is 6.92 Å². The summed E-state index contributed by atoms with van der Waals surface area (Å²) < 4.78 is 5.28. The molecule has 1 fully saturated rings. The van der Waals surface area contributed by atoms with E-state index in [1.807, 2.05) is 6.92 Å². The number of carbonyl (C=O) groups excluding carboxylic acids is 3. The van der Waals surface area contributed by atoms with Crippen LogP contribution in [-0.2, 0) is 22.4 Å². The first-order chi connectivity index (χ1) is 14.3. The number of carbonyl (C=O) groups is 3. The van der Waals surface area contributed by atoms with Gasteiger partial charge in [0.15, 0.2) is 0 Å². The van der Waals surface area contributed by atoms with Crippen LogP contribution < -0.4 is 16.4 Å². The SMILES string of the molecule is CCOC(=O)c1c(NC(=O)C(C)N2CCC(NC(N)=O)CC2)sc2c1CCC(C)C2. The molecular formula is C21H32N4O4S. The lowest BCUT2D eigenvalue weighted by Crippen LogP contribution is -2.51. The van der Waals surface area contributed by atoms with E-state index in [2.05, 4.69) is 22.5 Å². The second-order valence-electron chi connectivity index (χ2n) is 8.26. The highest BCUT2D eigenvalue weighted by Crippen LogP contribution is 2.40. The second kappa shape index (κ2) is 9.78. The van der Waals surface area contributed by atoms with Crippen molar-refractivity contribution in [2.45, 2.75) is 65.0 Å². The van der Waals surface area contributed by atoms with Crippen molar-refractivity contribution < 1.29 is 19.1 Å². The van der Waals surface area contributed by atoms with Crippen molar-refractivity contribution in [3.63, 3.8) is 0 Å². The summed E-state index contributed by atoms with van der Waals surface area (Å²) in [5.74, 6) is 0.0864. The van der Waals surface area contributed by atoms with Gasteiger partial charge in [-0.05, 0) is 57.4 Å². The predicted octanol–water partition coefficient (Wildman–Crippen LogP) is 2.51. The van der Waals surface area contributed by atoms with Crippen LogP contribution in [0.5, 0.6) is 0 Å². The number of fused-ring (bicyclic) bond motifs is 1. The van der Waals surface area contributed by atoms with Gasteiger partial charge in [-0.2, -0.15) is 0 Å². The number of nitrogens with one attached hydrogen (secondary N) is 2. The summed E-state index contributed by atoms with van der Waals surface area (Å²) in [5.41, 5.74) is 6.77. The lowest BCUT2D eigenvalue weighted by molar-refractivity contribution is -0.121. The van der Waals surface area contributed by atoms with Crippen molar-refractivity contribution in [3.8, 4) is 0 Å². The number of thiophene rings is 1. The number of rotatable bonds is 6. The largest absolute Gasteiger partial charge is 0.462 e. The molecule has 2 aliphatic rings. The first-order valence-electron chi connectivity index (χ1n) is 10.7. The Hall–Kier alpha value is -2.13. The highest BCUT2D eigenvalue weighted by molar-refractivity contribution is 7.17. The van der Waals surface area contributed by atoms with Crippen molar-refractivity contribution in [2.75, 3.05) is 25.0 Å². The molecule has 2 atom stereocenters. The molecule has 0 aromatic carbocycles. The molecule has 30 heavy (non-hydrogen) atoms. The zero-order chi connectivity index (χ0) is 21.8. The maximum Gasteiger partial charge on any atom is 0.341 e. The third kappa shape index (κ3) is 5.13. The Morgan fingerprint density at radius 1 is 1.27 bits per heavy atom. The van der Waals surface area contributed by atoms with Gasteiger partial charge in [0.05, 0.1) is 18.2 Å². The smallest absolute Gasteiger partial charge is 0.341 e. The molecule has 1 aromatic heterocycles. The van der Waals surface area contributed by atoms with Gasteiger partial charge in [0.2, 0.25) is 5.91 Å². The lowest BCUT2D eigenvalue weighted by Gasteiger charge is -2.35. The summed E-state index contributed by atoms with van der Waals surface area (Å²) in [6.45, 7) is 7.57. The van der Waals surface area contributed by atoms with E-state index in [1.54, 1.807) is 6.92 Å².